The van der Waals surface area contributed by atoms with Gasteiger partial charge < -0.3 is 0 Å². The van der Waals surface area contributed by atoms with Gasteiger partial charge >= 0.3 is 0 Å². The third kappa shape index (κ3) is 0.970. The number of hydrogen-bond acceptors (Lipinski definition) is 1. The van der Waals surface area contributed by atoms with E-state index in [2.05, 4.69) is 4.98 Å². The molecule has 0 saturated heterocycles. The summed E-state index contributed by atoms with van der Waals surface area (Å²) in [5.74, 6) is -0.170. The van der Waals surface area contributed by atoms with Crippen LogP contribution in [0.25, 0.3) is 11.1 Å². The summed E-state index contributed by atoms with van der Waals surface area (Å²) in [6, 6.07) is 8.87. The maximum atomic E-state index is 13.0. The molecule has 0 spiro atoms. The van der Waals surface area contributed by atoms with E-state index in [1.54, 1.807) is 12.3 Å². The lowest BCUT2D eigenvalue weighted by molar-refractivity contribution is 0.626. The van der Waals surface area contributed by atoms with Crippen LogP contribution < -0.4 is 0 Å². The van der Waals surface area contributed by atoms with Gasteiger partial charge in [0.25, 0.3) is 0 Å². The largest absolute Gasteiger partial charge is 0.260 e. The molecule has 0 fully saturated rings. The number of fused-ring (bicyclic) bond motifs is 3. The number of nitrogens with zero attached hydrogens (tertiary/aromatic N) is 1. The Kier molecular flexibility index (Phi) is 1.45. The molecule has 1 aromatic carbocycles. The third-order valence-corrected chi connectivity index (χ3v) is 2.61. The zero-order valence-corrected chi connectivity index (χ0v) is 7.50. The lowest BCUT2D eigenvalue weighted by atomic mass is 10.1. The number of pyridine rings is 1. The summed E-state index contributed by atoms with van der Waals surface area (Å²) in [5, 5.41) is 0. The van der Waals surface area contributed by atoms with Crippen molar-refractivity contribution in [1.29, 1.82) is 0 Å². The molecule has 0 amide bonds. The Labute approximate surface area is 81.2 Å². The Balaban J connectivity index is 2.27. The highest BCUT2D eigenvalue weighted by molar-refractivity contribution is 5.74. The van der Waals surface area contributed by atoms with E-state index in [4.69, 9.17) is 0 Å². The molecule has 14 heavy (non-hydrogen) atoms. The summed E-state index contributed by atoms with van der Waals surface area (Å²) >= 11 is 0. The van der Waals surface area contributed by atoms with Crippen LogP contribution in [0.15, 0.2) is 36.5 Å². The summed E-state index contributed by atoms with van der Waals surface area (Å²) in [6.45, 7) is 0. The summed E-state index contributed by atoms with van der Waals surface area (Å²) in [6.07, 6.45) is 2.53. The molecular weight excluding hydrogens is 177 g/mol. The van der Waals surface area contributed by atoms with Crippen molar-refractivity contribution in [2.75, 3.05) is 0 Å². The average molecular weight is 185 g/mol. The molecule has 68 valence electrons. The number of rotatable bonds is 0. The number of benzene rings is 1. The molecule has 0 aliphatic heterocycles. The summed E-state index contributed by atoms with van der Waals surface area (Å²) < 4.78 is 13.0. The maximum absolute atomic E-state index is 13.0. The van der Waals surface area contributed by atoms with Crippen LogP contribution in [0.1, 0.15) is 11.3 Å². The van der Waals surface area contributed by atoms with E-state index < -0.39 is 0 Å². The molecule has 1 aromatic heterocycles. The van der Waals surface area contributed by atoms with Gasteiger partial charge in [0.1, 0.15) is 5.82 Å². The fraction of sp³-hybridized carbons (Fsp3) is 0.0833. The fourth-order valence-corrected chi connectivity index (χ4v) is 1.98. The molecule has 2 heteroatoms. The molecule has 1 nitrogen and oxygen atoms in total. The molecule has 0 atom stereocenters. The van der Waals surface area contributed by atoms with Crippen LogP contribution in [0.2, 0.25) is 0 Å². The third-order valence-electron chi connectivity index (χ3n) is 2.61. The van der Waals surface area contributed by atoms with E-state index in [1.165, 1.54) is 6.07 Å². The normalized spacial score (nSPS) is 12.4. The summed E-state index contributed by atoms with van der Waals surface area (Å²) in [5.41, 5.74) is 4.35. The lowest BCUT2D eigenvalue weighted by Crippen LogP contribution is -1.84. The Hall–Kier alpha value is -1.70. The van der Waals surface area contributed by atoms with Gasteiger partial charge in [0.05, 0.1) is 5.69 Å². The molecule has 0 N–H and O–H groups in total. The van der Waals surface area contributed by atoms with E-state index in [-0.39, 0.29) is 5.82 Å². The van der Waals surface area contributed by atoms with E-state index in [9.17, 15) is 4.39 Å². The van der Waals surface area contributed by atoms with Crippen molar-refractivity contribution in [3.8, 4) is 11.1 Å². The molecule has 0 saturated carbocycles. The standard InChI is InChI=1S/C12H8FN/c13-9-3-4-10-8(6-9)7-12-11(10)2-1-5-14-12/h1-6H,7H2. The van der Waals surface area contributed by atoms with Gasteiger partial charge in [-0.05, 0) is 29.3 Å². The predicted octanol–water partition coefficient (Wildman–Crippen LogP) is 2.79. The van der Waals surface area contributed by atoms with Crippen LogP contribution in [-0.4, -0.2) is 4.98 Å². The number of hydrogen-bond donors (Lipinski definition) is 0. The van der Waals surface area contributed by atoms with E-state index in [1.807, 2.05) is 18.2 Å². The first-order chi connectivity index (χ1) is 6.84. The van der Waals surface area contributed by atoms with Crippen LogP contribution in [0.5, 0.6) is 0 Å². The Morgan fingerprint density at radius 3 is 3.00 bits per heavy atom. The number of halogens is 1. The van der Waals surface area contributed by atoms with Crippen molar-refractivity contribution in [3.63, 3.8) is 0 Å². The van der Waals surface area contributed by atoms with Gasteiger partial charge in [-0.2, -0.15) is 0 Å². The van der Waals surface area contributed by atoms with E-state index in [0.29, 0.717) is 0 Å². The fourth-order valence-electron chi connectivity index (χ4n) is 1.98. The SMILES string of the molecule is Fc1ccc2c(c1)Cc1ncccc1-2. The molecule has 1 heterocycles. The summed E-state index contributed by atoms with van der Waals surface area (Å²) in [4.78, 5) is 4.28. The minimum atomic E-state index is -0.170. The summed E-state index contributed by atoms with van der Waals surface area (Å²) in [7, 11) is 0. The Morgan fingerprint density at radius 1 is 1.14 bits per heavy atom. The highest BCUT2D eigenvalue weighted by Gasteiger charge is 2.18. The van der Waals surface area contributed by atoms with Crippen LogP contribution in [0.4, 0.5) is 4.39 Å². The predicted molar refractivity (Wildman–Crippen MR) is 52.4 cm³/mol. The first-order valence-corrected chi connectivity index (χ1v) is 4.57. The molecule has 1 aliphatic rings. The molecule has 3 rings (SSSR count). The zero-order valence-electron chi connectivity index (χ0n) is 7.50. The minimum Gasteiger partial charge on any atom is -0.260 e. The second kappa shape index (κ2) is 2.64. The zero-order chi connectivity index (χ0) is 9.54. The van der Waals surface area contributed by atoms with Gasteiger partial charge in [-0.15, -0.1) is 0 Å². The van der Waals surface area contributed by atoms with Crippen molar-refractivity contribution in [1.82, 2.24) is 4.98 Å². The first-order valence-electron chi connectivity index (χ1n) is 4.57. The average Bonchev–Trinajstić information content (AvgIpc) is 2.54. The van der Waals surface area contributed by atoms with Gasteiger partial charge in [-0.3, -0.25) is 4.98 Å². The lowest BCUT2D eigenvalue weighted by Gasteiger charge is -1.98. The van der Waals surface area contributed by atoms with Crippen LogP contribution in [0, 0.1) is 5.82 Å². The molecule has 1 aliphatic carbocycles. The van der Waals surface area contributed by atoms with Crippen molar-refractivity contribution in [3.05, 3.63) is 53.6 Å². The Morgan fingerprint density at radius 2 is 2.07 bits per heavy atom. The van der Waals surface area contributed by atoms with E-state index >= 15 is 0 Å². The quantitative estimate of drug-likeness (QED) is 0.524. The molecule has 2 aromatic rings. The van der Waals surface area contributed by atoms with Gasteiger partial charge in [0.2, 0.25) is 0 Å². The topological polar surface area (TPSA) is 12.9 Å². The van der Waals surface area contributed by atoms with Crippen molar-refractivity contribution < 1.29 is 4.39 Å². The monoisotopic (exact) mass is 185 g/mol. The van der Waals surface area contributed by atoms with Gasteiger partial charge in [0, 0.05) is 18.2 Å². The molecular formula is C12H8FN. The highest BCUT2D eigenvalue weighted by Crippen LogP contribution is 2.35. The van der Waals surface area contributed by atoms with Crippen LogP contribution in [0.3, 0.4) is 0 Å². The highest BCUT2D eigenvalue weighted by atomic mass is 19.1. The first kappa shape index (κ1) is 7.68. The number of aromatic nitrogens is 1. The second-order valence-electron chi connectivity index (χ2n) is 3.48. The van der Waals surface area contributed by atoms with Gasteiger partial charge in [-0.1, -0.05) is 12.1 Å². The Bertz CT molecular complexity index is 505. The van der Waals surface area contributed by atoms with Crippen LogP contribution >= 0.6 is 0 Å². The maximum Gasteiger partial charge on any atom is 0.123 e. The van der Waals surface area contributed by atoms with Crippen LogP contribution in [-0.2, 0) is 6.42 Å². The van der Waals surface area contributed by atoms with Gasteiger partial charge in [0.15, 0.2) is 0 Å². The molecule has 0 bridgehead atoms. The second-order valence-corrected chi connectivity index (χ2v) is 3.48. The van der Waals surface area contributed by atoms with Crippen molar-refractivity contribution in [2.45, 2.75) is 6.42 Å². The van der Waals surface area contributed by atoms with Crippen molar-refractivity contribution >= 4 is 0 Å². The van der Waals surface area contributed by atoms with Gasteiger partial charge in [-0.25, -0.2) is 4.39 Å². The molecule has 0 radical (unpaired) electrons. The minimum absolute atomic E-state index is 0.170. The van der Waals surface area contributed by atoms with E-state index in [0.717, 1.165) is 28.8 Å². The smallest absolute Gasteiger partial charge is 0.123 e. The molecule has 0 unspecified atom stereocenters. The van der Waals surface area contributed by atoms with Crippen molar-refractivity contribution in [2.24, 2.45) is 0 Å².